The van der Waals surface area contributed by atoms with E-state index in [1.807, 2.05) is 62.4 Å². The van der Waals surface area contributed by atoms with Crippen molar-refractivity contribution in [1.29, 1.82) is 0 Å². The quantitative estimate of drug-likeness (QED) is 0.562. The summed E-state index contributed by atoms with van der Waals surface area (Å²) in [5.74, 6) is -0.0816. The van der Waals surface area contributed by atoms with Crippen molar-refractivity contribution in [1.82, 2.24) is 0 Å². The first kappa shape index (κ1) is 19.7. The summed E-state index contributed by atoms with van der Waals surface area (Å²) < 4.78 is 10.9. The van der Waals surface area contributed by atoms with Crippen LogP contribution in [0.3, 0.4) is 0 Å². The molecule has 5 nitrogen and oxygen atoms in total. The topological polar surface area (TPSA) is 55.8 Å². The molecule has 1 amide bonds. The molecule has 0 spiro atoms. The Morgan fingerprint density at radius 3 is 2.68 bits per heavy atom. The predicted octanol–water partition coefficient (Wildman–Crippen LogP) is 4.01. The average molecular weight is 379 g/mol. The maximum atomic E-state index is 12.9. The van der Waals surface area contributed by atoms with Gasteiger partial charge in [0.1, 0.15) is 5.75 Å². The monoisotopic (exact) mass is 379 g/mol. The van der Waals surface area contributed by atoms with E-state index in [0.717, 1.165) is 23.2 Å². The molecular formula is C23H25NO4. The Labute approximate surface area is 165 Å². The molecule has 0 N–H and O–H groups in total. The highest BCUT2D eigenvalue weighted by Gasteiger charge is 2.34. The van der Waals surface area contributed by atoms with E-state index in [4.69, 9.17) is 9.47 Å². The molecule has 0 radical (unpaired) electrons. The third-order valence-electron chi connectivity index (χ3n) is 4.70. The largest absolute Gasteiger partial charge is 0.493 e. The SMILES string of the molecule is CCOc1ccccc1/C=C/C(=O)O[C@@H](C)C(=O)N1c2ccccc2C[C@H]1C. The van der Waals surface area contributed by atoms with Crippen LogP contribution in [0.4, 0.5) is 5.69 Å². The van der Waals surface area contributed by atoms with Crippen LogP contribution >= 0.6 is 0 Å². The van der Waals surface area contributed by atoms with E-state index >= 15 is 0 Å². The number of hydrogen-bond donors (Lipinski definition) is 0. The van der Waals surface area contributed by atoms with Gasteiger partial charge in [0.15, 0.2) is 6.10 Å². The number of amides is 1. The molecular weight excluding hydrogens is 354 g/mol. The number of ether oxygens (including phenoxy) is 2. The van der Waals surface area contributed by atoms with Crippen LogP contribution in [0.25, 0.3) is 6.08 Å². The van der Waals surface area contributed by atoms with E-state index in [0.29, 0.717) is 12.4 Å². The molecule has 0 saturated carbocycles. The second-order valence-corrected chi connectivity index (χ2v) is 6.77. The van der Waals surface area contributed by atoms with Crippen LogP contribution in [-0.2, 0) is 20.7 Å². The Hall–Kier alpha value is -3.08. The molecule has 1 aliphatic rings. The number of para-hydroxylation sites is 2. The maximum Gasteiger partial charge on any atom is 0.331 e. The molecule has 0 unspecified atom stereocenters. The van der Waals surface area contributed by atoms with Gasteiger partial charge < -0.3 is 14.4 Å². The molecule has 146 valence electrons. The van der Waals surface area contributed by atoms with Crippen LogP contribution in [0.2, 0.25) is 0 Å². The molecule has 0 bridgehead atoms. The minimum Gasteiger partial charge on any atom is -0.493 e. The van der Waals surface area contributed by atoms with Gasteiger partial charge in [-0.15, -0.1) is 0 Å². The lowest BCUT2D eigenvalue weighted by atomic mass is 10.1. The van der Waals surface area contributed by atoms with Gasteiger partial charge in [0.05, 0.1) is 6.61 Å². The first-order valence-corrected chi connectivity index (χ1v) is 9.52. The van der Waals surface area contributed by atoms with E-state index in [2.05, 4.69) is 0 Å². The van der Waals surface area contributed by atoms with Gasteiger partial charge in [0, 0.05) is 23.4 Å². The summed E-state index contributed by atoms with van der Waals surface area (Å²) in [5.41, 5.74) is 2.81. The number of fused-ring (bicyclic) bond motifs is 1. The van der Waals surface area contributed by atoms with E-state index in [1.165, 1.54) is 6.08 Å². The van der Waals surface area contributed by atoms with Gasteiger partial charge in [-0.25, -0.2) is 4.79 Å². The van der Waals surface area contributed by atoms with Crippen LogP contribution < -0.4 is 9.64 Å². The van der Waals surface area contributed by atoms with Gasteiger partial charge in [0.25, 0.3) is 5.91 Å². The molecule has 0 saturated heterocycles. The summed E-state index contributed by atoms with van der Waals surface area (Å²) in [6.07, 6.45) is 2.89. The zero-order chi connectivity index (χ0) is 20.1. The lowest BCUT2D eigenvalue weighted by Crippen LogP contribution is -2.43. The van der Waals surface area contributed by atoms with Crippen molar-refractivity contribution in [2.45, 2.75) is 39.3 Å². The second kappa shape index (κ2) is 8.74. The predicted molar refractivity (Wildman–Crippen MR) is 109 cm³/mol. The minimum absolute atomic E-state index is 0.0414. The van der Waals surface area contributed by atoms with Gasteiger partial charge in [-0.2, -0.15) is 0 Å². The molecule has 0 aliphatic carbocycles. The van der Waals surface area contributed by atoms with Crippen molar-refractivity contribution in [2.75, 3.05) is 11.5 Å². The van der Waals surface area contributed by atoms with E-state index in [9.17, 15) is 9.59 Å². The number of rotatable bonds is 6. The van der Waals surface area contributed by atoms with Crippen molar-refractivity contribution in [3.63, 3.8) is 0 Å². The number of nitrogens with zero attached hydrogens (tertiary/aromatic N) is 1. The number of hydrogen-bond acceptors (Lipinski definition) is 4. The van der Waals surface area contributed by atoms with Crippen molar-refractivity contribution >= 4 is 23.6 Å². The summed E-state index contributed by atoms with van der Waals surface area (Å²) in [6, 6.07) is 15.3. The third-order valence-corrected chi connectivity index (χ3v) is 4.70. The van der Waals surface area contributed by atoms with Gasteiger partial charge in [-0.1, -0.05) is 36.4 Å². The molecule has 1 heterocycles. The van der Waals surface area contributed by atoms with Crippen molar-refractivity contribution < 1.29 is 19.1 Å². The molecule has 5 heteroatoms. The number of anilines is 1. The van der Waals surface area contributed by atoms with Gasteiger partial charge >= 0.3 is 5.97 Å². The Balaban J connectivity index is 1.65. The summed E-state index contributed by atoms with van der Waals surface area (Å²) >= 11 is 0. The fourth-order valence-corrected chi connectivity index (χ4v) is 3.42. The van der Waals surface area contributed by atoms with Gasteiger partial charge in [0.2, 0.25) is 0 Å². The second-order valence-electron chi connectivity index (χ2n) is 6.77. The molecule has 0 aromatic heterocycles. The molecule has 28 heavy (non-hydrogen) atoms. The lowest BCUT2D eigenvalue weighted by molar-refractivity contribution is -0.149. The standard InChI is InChI=1S/C23H25NO4/c1-4-27-21-12-8-6-9-18(21)13-14-22(25)28-17(3)23(26)24-16(2)15-19-10-5-7-11-20(19)24/h5-14,16-17H,4,15H2,1-3H3/b14-13+/t16-,17+/m1/s1. The molecule has 2 aromatic carbocycles. The summed E-state index contributed by atoms with van der Waals surface area (Å²) in [4.78, 5) is 26.8. The zero-order valence-corrected chi connectivity index (χ0v) is 16.4. The van der Waals surface area contributed by atoms with Crippen LogP contribution in [0.15, 0.2) is 54.6 Å². The minimum atomic E-state index is -0.868. The molecule has 2 atom stereocenters. The highest BCUT2D eigenvalue weighted by molar-refractivity contribution is 6.00. The highest BCUT2D eigenvalue weighted by atomic mass is 16.5. The molecule has 1 aliphatic heterocycles. The summed E-state index contributed by atoms with van der Waals surface area (Å²) in [6.45, 7) is 6.04. The number of benzene rings is 2. The Morgan fingerprint density at radius 2 is 1.89 bits per heavy atom. The number of carbonyl (C=O) groups is 2. The first-order chi connectivity index (χ1) is 13.5. The Bertz CT molecular complexity index is 890. The lowest BCUT2D eigenvalue weighted by Gasteiger charge is -2.25. The maximum absolute atomic E-state index is 12.9. The zero-order valence-electron chi connectivity index (χ0n) is 16.4. The van der Waals surface area contributed by atoms with E-state index in [1.54, 1.807) is 17.9 Å². The van der Waals surface area contributed by atoms with Crippen molar-refractivity contribution in [2.24, 2.45) is 0 Å². The highest BCUT2D eigenvalue weighted by Crippen LogP contribution is 2.32. The van der Waals surface area contributed by atoms with Crippen LogP contribution in [0.5, 0.6) is 5.75 Å². The molecule has 3 rings (SSSR count). The van der Waals surface area contributed by atoms with E-state index in [-0.39, 0.29) is 11.9 Å². The number of esters is 1. The van der Waals surface area contributed by atoms with Crippen LogP contribution in [0.1, 0.15) is 31.9 Å². The number of carbonyl (C=O) groups excluding carboxylic acids is 2. The fourth-order valence-electron chi connectivity index (χ4n) is 3.42. The Kier molecular flexibility index (Phi) is 6.14. The van der Waals surface area contributed by atoms with Crippen molar-refractivity contribution in [3.05, 3.63) is 65.7 Å². The van der Waals surface area contributed by atoms with Crippen LogP contribution in [0, 0.1) is 0 Å². The third kappa shape index (κ3) is 4.25. The van der Waals surface area contributed by atoms with Gasteiger partial charge in [-0.05, 0) is 51.0 Å². The molecule has 2 aromatic rings. The summed E-state index contributed by atoms with van der Waals surface area (Å²) in [5, 5.41) is 0. The Morgan fingerprint density at radius 1 is 1.18 bits per heavy atom. The van der Waals surface area contributed by atoms with Gasteiger partial charge in [-0.3, -0.25) is 4.79 Å². The summed E-state index contributed by atoms with van der Waals surface area (Å²) in [7, 11) is 0. The smallest absolute Gasteiger partial charge is 0.331 e. The average Bonchev–Trinajstić information content (AvgIpc) is 3.02. The van der Waals surface area contributed by atoms with Crippen molar-refractivity contribution in [3.8, 4) is 5.75 Å². The first-order valence-electron chi connectivity index (χ1n) is 9.52. The normalized spacial score (nSPS) is 16.7. The fraction of sp³-hybridized carbons (Fsp3) is 0.304. The van der Waals surface area contributed by atoms with Crippen LogP contribution in [-0.4, -0.2) is 30.6 Å². The van der Waals surface area contributed by atoms with E-state index < -0.39 is 12.1 Å². The molecule has 0 fully saturated rings.